The number of rotatable bonds is 6. The van der Waals surface area contributed by atoms with Crippen molar-refractivity contribution in [2.75, 3.05) is 6.61 Å². The third-order valence-corrected chi connectivity index (χ3v) is 10.0. The molecule has 0 N–H and O–H groups in total. The Morgan fingerprint density at radius 3 is 2.05 bits per heavy atom. The number of aryl methyl sites for hydroxylation is 1. The van der Waals surface area contributed by atoms with E-state index in [1.165, 1.54) is 0 Å². The average Bonchev–Trinajstić information content (AvgIpc) is 2.49. The van der Waals surface area contributed by atoms with Gasteiger partial charge in [-0.3, -0.25) is 4.18 Å². The van der Waals surface area contributed by atoms with Crippen LogP contribution < -0.4 is 0 Å². The van der Waals surface area contributed by atoms with E-state index in [1.807, 2.05) is 6.92 Å². The Hall–Kier alpha value is -1.09. The molecule has 1 aromatic carbocycles. The third-order valence-electron chi connectivity index (χ3n) is 3.98. The molecule has 116 valence electrons. The van der Waals surface area contributed by atoms with E-state index in [0.717, 1.165) is 23.7 Å². The van der Waals surface area contributed by atoms with Gasteiger partial charge in [0.25, 0.3) is 10.1 Å². The van der Waals surface area contributed by atoms with Crippen LogP contribution in [0, 0.1) is 18.4 Å². The van der Waals surface area contributed by atoms with Gasteiger partial charge in [-0.15, -0.1) is 5.54 Å². The van der Waals surface area contributed by atoms with E-state index >= 15 is 0 Å². The molecule has 0 saturated heterocycles. The van der Waals surface area contributed by atoms with Gasteiger partial charge in [0.15, 0.2) is 0 Å². The topological polar surface area (TPSA) is 43.4 Å². The van der Waals surface area contributed by atoms with Gasteiger partial charge in [-0.05, 0) is 37.2 Å². The minimum atomic E-state index is -3.70. The Kier molecular flexibility index (Phi) is 6.66. The molecular formula is C16H24O3SSi. The average molecular weight is 325 g/mol. The van der Waals surface area contributed by atoms with E-state index in [-0.39, 0.29) is 11.5 Å². The van der Waals surface area contributed by atoms with Crippen LogP contribution in [0.5, 0.6) is 0 Å². The highest BCUT2D eigenvalue weighted by atomic mass is 32.2. The van der Waals surface area contributed by atoms with Crippen LogP contribution in [0.4, 0.5) is 0 Å². The summed E-state index contributed by atoms with van der Waals surface area (Å²) in [6.07, 6.45) is 0. The fourth-order valence-electron chi connectivity index (χ4n) is 2.12. The predicted molar refractivity (Wildman–Crippen MR) is 89.3 cm³/mol. The number of hydrogen-bond donors (Lipinski definition) is 0. The van der Waals surface area contributed by atoms with Crippen molar-refractivity contribution in [1.29, 1.82) is 0 Å². The predicted octanol–water partition coefficient (Wildman–Crippen LogP) is 3.75. The van der Waals surface area contributed by atoms with Gasteiger partial charge in [-0.2, -0.15) is 8.42 Å². The lowest BCUT2D eigenvalue weighted by molar-refractivity contribution is 0.363. The quantitative estimate of drug-likeness (QED) is 0.455. The second-order valence-corrected chi connectivity index (χ2v) is 11.7. The molecule has 0 atom stereocenters. The first-order chi connectivity index (χ1) is 9.89. The SMILES string of the molecule is CC[Si](C#CCOS(=O)(=O)c1ccc(C)cc1)(CC)CC. The molecule has 1 rings (SSSR count). The minimum absolute atomic E-state index is 0.0645. The second kappa shape index (κ2) is 7.78. The van der Waals surface area contributed by atoms with Gasteiger partial charge in [-0.1, -0.05) is 44.4 Å². The molecule has 0 unspecified atom stereocenters. The molecule has 0 aliphatic rings. The van der Waals surface area contributed by atoms with Gasteiger partial charge in [0.2, 0.25) is 0 Å². The largest absolute Gasteiger partial charge is 0.297 e. The van der Waals surface area contributed by atoms with Crippen molar-refractivity contribution in [2.45, 2.75) is 50.7 Å². The van der Waals surface area contributed by atoms with Crippen LogP contribution in [0.15, 0.2) is 29.2 Å². The van der Waals surface area contributed by atoms with Gasteiger partial charge in [-0.25, -0.2) is 0 Å². The maximum Gasteiger partial charge on any atom is 0.297 e. The van der Waals surface area contributed by atoms with E-state index in [1.54, 1.807) is 24.3 Å². The second-order valence-electron chi connectivity index (χ2n) is 5.17. The lowest BCUT2D eigenvalue weighted by Gasteiger charge is -2.19. The van der Waals surface area contributed by atoms with E-state index in [2.05, 4.69) is 32.2 Å². The van der Waals surface area contributed by atoms with Crippen molar-refractivity contribution in [1.82, 2.24) is 0 Å². The lowest BCUT2D eigenvalue weighted by atomic mass is 10.2. The summed E-state index contributed by atoms with van der Waals surface area (Å²) in [5.41, 5.74) is 4.33. The highest BCUT2D eigenvalue weighted by molar-refractivity contribution is 7.86. The van der Waals surface area contributed by atoms with Gasteiger partial charge in [0.05, 0.1) is 4.90 Å². The first kappa shape index (κ1) is 18.0. The Labute approximate surface area is 129 Å². The molecule has 21 heavy (non-hydrogen) atoms. The molecule has 0 aliphatic heterocycles. The van der Waals surface area contributed by atoms with Crippen LogP contribution in [0.25, 0.3) is 0 Å². The normalized spacial score (nSPS) is 11.8. The molecule has 3 nitrogen and oxygen atoms in total. The first-order valence-electron chi connectivity index (χ1n) is 7.35. The summed E-state index contributed by atoms with van der Waals surface area (Å²) in [5.74, 6) is 2.93. The molecule has 0 radical (unpaired) electrons. The van der Waals surface area contributed by atoms with Gasteiger partial charge >= 0.3 is 0 Å². The van der Waals surface area contributed by atoms with Crippen molar-refractivity contribution < 1.29 is 12.6 Å². The molecule has 0 amide bonds. The fraction of sp³-hybridized carbons (Fsp3) is 0.500. The van der Waals surface area contributed by atoms with Crippen LogP contribution >= 0.6 is 0 Å². The molecule has 0 heterocycles. The molecule has 0 aliphatic carbocycles. The smallest absolute Gasteiger partial charge is 0.253 e. The molecule has 0 saturated carbocycles. The highest BCUT2D eigenvalue weighted by Crippen LogP contribution is 2.18. The van der Waals surface area contributed by atoms with Gasteiger partial charge < -0.3 is 0 Å². The van der Waals surface area contributed by atoms with Crippen LogP contribution in [-0.4, -0.2) is 23.1 Å². The van der Waals surface area contributed by atoms with Gasteiger partial charge in [0, 0.05) is 0 Å². The van der Waals surface area contributed by atoms with Crippen LogP contribution in [0.1, 0.15) is 26.3 Å². The zero-order chi connectivity index (χ0) is 15.9. The van der Waals surface area contributed by atoms with E-state index < -0.39 is 18.2 Å². The van der Waals surface area contributed by atoms with E-state index in [9.17, 15) is 8.42 Å². The van der Waals surface area contributed by atoms with Crippen LogP contribution in [0.2, 0.25) is 18.1 Å². The maximum absolute atomic E-state index is 12.0. The zero-order valence-electron chi connectivity index (χ0n) is 13.3. The number of hydrogen-bond acceptors (Lipinski definition) is 3. The minimum Gasteiger partial charge on any atom is -0.253 e. The molecule has 0 aromatic heterocycles. The summed E-state index contributed by atoms with van der Waals surface area (Å²) in [6, 6.07) is 9.91. The maximum atomic E-state index is 12.0. The highest BCUT2D eigenvalue weighted by Gasteiger charge is 2.24. The summed E-state index contributed by atoms with van der Waals surface area (Å²) < 4.78 is 29.0. The fourth-order valence-corrected chi connectivity index (χ4v) is 5.42. The summed E-state index contributed by atoms with van der Waals surface area (Å²) in [4.78, 5) is 0.180. The zero-order valence-corrected chi connectivity index (χ0v) is 15.1. The molecule has 1 aromatic rings. The Morgan fingerprint density at radius 2 is 1.57 bits per heavy atom. The van der Waals surface area contributed by atoms with Crippen LogP contribution in [0.3, 0.4) is 0 Å². The van der Waals surface area contributed by atoms with Crippen LogP contribution in [-0.2, 0) is 14.3 Å². The molecule has 5 heteroatoms. The Balaban J connectivity index is 2.74. The lowest BCUT2D eigenvalue weighted by Crippen LogP contribution is -2.29. The third kappa shape index (κ3) is 4.99. The first-order valence-corrected chi connectivity index (χ1v) is 11.4. The molecular weight excluding hydrogens is 300 g/mol. The Morgan fingerprint density at radius 1 is 1.05 bits per heavy atom. The standard InChI is InChI=1S/C16H24O3SSi/c1-5-21(6-2,7-3)14-8-13-19-20(17,18)16-11-9-15(4)10-12-16/h9-12H,5-7,13H2,1-4H3. The van der Waals surface area contributed by atoms with Crippen molar-refractivity contribution in [3.05, 3.63) is 29.8 Å². The Bertz CT molecular complexity index is 597. The number of benzene rings is 1. The molecule has 0 fully saturated rings. The van der Waals surface area contributed by atoms with E-state index in [0.29, 0.717) is 0 Å². The van der Waals surface area contributed by atoms with Crippen molar-refractivity contribution >= 4 is 18.2 Å². The summed E-state index contributed by atoms with van der Waals surface area (Å²) in [6.45, 7) is 8.34. The summed E-state index contributed by atoms with van der Waals surface area (Å²) in [5, 5.41) is 0. The van der Waals surface area contributed by atoms with Crippen molar-refractivity contribution in [2.24, 2.45) is 0 Å². The van der Waals surface area contributed by atoms with Gasteiger partial charge in [0.1, 0.15) is 14.7 Å². The van der Waals surface area contributed by atoms with E-state index in [4.69, 9.17) is 4.18 Å². The van der Waals surface area contributed by atoms with Crippen molar-refractivity contribution in [3.8, 4) is 11.5 Å². The monoisotopic (exact) mass is 324 g/mol. The summed E-state index contributed by atoms with van der Waals surface area (Å²) >= 11 is 0. The summed E-state index contributed by atoms with van der Waals surface area (Å²) in [7, 11) is -5.24. The van der Waals surface area contributed by atoms with Crippen molar-refractivity contribution in [3.63, 3.8) is 0 Å². The molecule has 0 spiro atoms. The molecule has 0 bridgehead atoms.